The maximum absolute atomic E-state index is 11.4. The zero-order chi connectivity index (χ0) is 14.8. The molecule has 0 saturated carbocycles. The van der Waals surface area contributed by atoms with Gasteiger partial charge in [0.15, 0.2) is 0 Å². The Bertz CT molecular complexity index is 512. The summed E-state index contributed by atoms with van der Waals surface area (Å²) in [6, 6.07) is 5.38. The van der Waals surface area contributed by atoms with Gasteiger partial charge in [-0.2, -0.15) is 0 Å². The Labute approximate surface area is 133 Å². The van der Waals surface area contributed by atoms with Crippen LogP contribution in [0.3, 0.4) is 0 Å². The lowest BCUT2D eigenvalue weighted by atomic mass is 9.99. The van der Waals surface area contributed by atoms with Crippen LogP contribution in [0, 0.1) is 0 Å². The molecule has 1 aliphatic heterocycles. The van der Waals surface area contributed by atoms with Crippen molar-refractivity contribution < 1.29 is 9.90 Å². The Morgan fingerprint density at radius 1 is 1.50 bits per heavy atom. The summed E-state index contributed by atoms with van der Waals surface area (Å²) >= 11 is 13.7. The van der Waals surface area contributed by atoms with Crippen molar-refractivity contribution in [3.8, 4) is 0 Å². The lowest BCUT2D eigenvalue weighted by molar-refractivity contribution is -0.148. The highest BCUT2D eigenvalue weighted by atomic mass is 35.5. The molecule has 1 saturated heterocycles. The van der Waals surface area contributed by atoms with Crippen LogP contribution in [0.25, 0.3) is 0 Å². The third kappa shape index (κ3) is 3.42. The molecule has 3 nitrogen and oxygen atoms in total. The number of benzene rings is 1. The molecular weight excluding hydrogens is 317 g/mol. The van der Waals surface area contributed by atoms with E-state index in [4.69, 9.17) is 23.2 Å². The van der Waals surface area contributed by atoms with Crippen molar-refractivity contribution >= 4 is 40.9 Å². The maximum Gasteiger partial charge on any atom is 0.323 e. The Morgan fingerprint density at radius 3 is 2.95 bits per heavy atom. The molecule has 0 aromatic heterocycles. The van der Waals surface area contributed by atoms with Crippen LogP contribution in [-0.2, 0) is 4.79 Å². The quantitative estimate of drug-likeness (QED) is 0.826. The zero-order valence-electron chi connectivity index (χ0n) is 11.2. The molecule has 20 heavy (non-hydrogen) atoms. The van der Waals surface area contributed by atoms with Gasteiger partial charge in [-0.1, -0.05) is 23.2 Å². The van der Waals surface area contributed by atoms with E-state index < -0.39 is 11.5 Å². The molecule has 1 aromatic carbocycles. The van der Waals surface area contributed by atoms with Crippen LogP contribution >= 0.6 is 35.0 Å². The van der Waals surface area contributed by atoms with Gasteiger partial charge in [0.25, 0.3) is 0 Å². The van der Waals surface area contributed by atoms with Crippen molar-refractivity contribution in [1.29, 1.82) is 0 Å². The number of rotatable bonds is 5. The van der Waals surface area contributed by atoms with Crippen LogP contribution in [-0.4, -0.2) is 40.4 Å². The Morgan fingerprint density at radius 2 is 2.25 bits per heavy atom. The number of aliphatic carboxylic acids is 1. The van der Waals surface area contributed by atoms with E-state index in [1.807, 2.05) is 11.0 Å². The molecule has 1 heterocycles. The fraction of sp³-hybridized carbons (Fsp3) is 0.500. The second-order valence-corrected chi connectivity index (χ2v) is 7.07. The molecule has 0 bridgehead atoms. The van der Waals surface area contributed by atoms with Gasteiger partial charge in [0.05, 0.1) is 5.02 Å². The first-order valence-corrected chi connectivity index (χ1v) is 8.24. The van der Waals surface area contributed by atoms with Gasteiger partial charge in [-0.25, -0.2) is 0 Å². The topological polar surface area (TPSA) is 40.5 Å². The van der Waals surface area contributed by atoms with Crippen molar-refractivity contribution in [2.24, 2.45) is 0 Å². The summed E-state index contributed by atoms with van der Waals surface area (Å²) in [5.74, 6) is 0.0592. The number of nitrogens with zero attached hydrogens (tertiary/aromatic N) is 1. The molecule has 0 spiro atoms. The van der Waals surface area contributed by atoms with E-state index in [0.29, 0.717) is 16.5 Å². The van der Waals surface area contributed by atoms with E-state index >= 15 is 0 Å². The molecule has 1 fully saturated rings. The van der Waals surface area contributed by atoms with Crippen molar-refractivity contribution in [1.82, 2.24) is 4.90 Å². The number of hydrogen-bond acceptors (Lipinski definition) is 3. The largest absolute Gasteiger partial charge is 0.480 e. The number of carboxylic acid groups (broad SMARTS) is 1. The zero-order valence-corrected chi connectivity index (χ0v) is 13.6. The average molecular weight is 334 g/mol. The molecule has 110 valence electrons. The fourth-order valence-corrected chi connectivity index (χ4v) is 3.94. The molecule has 6 heteroatoms. The van der Waals surface area contributed by atoms with Crippen molar-refractivity contribution in [2.45, 2.75) is 30.2 Å². The van der Waals surface area contributed by atoms with Gasteiger partial charge in [-0.15, -0.1) is 11.8 Å². The predicted molar refractivity (Wildman–Crippen MR) is 84.0 cm³/mol. The molecule has 0 radical (unpaired) electrons. The van der Waals surface area contributed by atoms with Crippen LogP contribution < -0.4 is 0 Å². The maximum atomic E-state index is 11.4. The number of likely N-dealkylation sites (tertiary alicyclic amines) is 1. The average Bonchev–Trinajstić information content (AvgIpc) is 2.77. The van der Waals surface area contributed by atoms with E-state index in [-0.39, 0.29) is 0 Å². The molecule has 0 amide bonds. The number of thioether (sulfide) groups is 1. The molecular formula is C14H17Cl2NO2S. The first-order valence-electron chi connectivity index (χ1n) is 6.50. The first-order chi connectivity index (χ1) is 9.43. The Balaban J connectivity index is 1.93. The predicted octanol–water partition coefficient (Wildman–Crippen LogP) is 4.02. The smallest absolute Gasteiger partial charge is 0.323 e. The minimum Gasteiger partial charge on any atom is -0.480 e. The van der Waals surface area contributed by atoms with Crippen molar-refractivity contribution in [3.63, 3.8) is 0 Å². The highest BCUT2D eigenvalue weighted by Crippen LogP contribution is 2.32. The van der Waals surface area contributed by atoms with E-state index in [1.54, 1.807) is 30.8 Å². The summed E-state index contributed by atoms with van der Waals surface area (Å²) in [7, 11) is 0. The summed E-state index contributed by atoms with van der Waals surface area (Å²) in [6.45, 7) is 3.38. The van der Waals surface area contributed by atoms with E-state index in [1.165, 1.54) is 0 Å². The number of carbonyl (C=O) groups is 1. The molecule has 1 N–H and O–H groups in total. The molecule has 1 atom stereocenters. The second kappa shape index (κ2) is 6.56. The summed E-state index contributed by atoms with van der Waals surface area (Å²) in [4.78, 5) is 14.4. The molecule has 1 unspecified atom stereocenters. The van der Waals surface area contributed by atoms with E-state index in [2.05, 4.69) is 0 Å². The highest BCUT2D eigenvalue weighted by Gasteiger charge is 2.42. The summed E-state index contributed by atoms with van der Waals surface area (Å²) < 4.78 is 0. The lowest BCUT2D eigenvalue weighted by Gasteiger charge is -2.30. The van der Waals surface area contributed by atoms with Crippen LogP contribution in [0.1, 0.15) is 19.8 Å². The standard InChI is InChI=1S/C14H17Cl2NO2S/c1-14(13(18)19)5-2-6-17(14)7-8-20-12-9-10(15)3-4-11(12)16/h3-4,9H,2,5-8H2,1H3,(H,18,19). The first kappa shape index (κ1) is 16.0. The minimum atomic E-state index is -0.735. The number of halogens is 2. The van der Waals surface area contributed by atoms with Gasteiger partial charge in [0.1, 0.15) is 5.54 Å². The van der Waals surface area contributed by atoms with Crippen LogP contribution in [0.15, 0.2) is 23.1 Å². The minimum absolute atomic E-state index is 0.661. The van der Waals surface area contributed by atoms with Gasteiger partial charge >= 0.3 is 5.97 Å². The van der Waals surface area contributed by atoms with Gasteiger partial charge < -0.3 is 5.11 Å². The third-order valence-corrected chi connectivity index (χ3v) is 5.47. The highest BCUT2D eigenvalue weighted by molar-refractivity contribution is 7.99. The van der Waals surface area contributed by atoms with E-state index in [0.717, 1.165) is 30.2 Å². The Hall–Kier alpha value is -0.420. The summed E-state index contributed by atoms with van der Waals surface area (Å²) in [5, 5.41) is 10.7. The van der Waals surface area contributed by atoms with Gasteiger partial charge in [0.2, 0.25) is 0 Å². The number of hydrogen-bond donors (Lipinski definition) is 1. The fourth-order valence-electron chi connectivity index (χ4n) is 2.47. The summed E-state index contributed by atoms with van der Waals surface area (Å²) in [5.41, 5.74) is -0.724. The number of carboxylic acids is 1. The molecule has 1 aliphatic rings. The van der Waals surface area contributed by atoms with Crippen LogP contribution in [0.4, 0.5) is 0 Å². The lowest BCUT2D eigenvalue weighted by Crippen LogP contribution is -2.48. The van der Waals surface area contributed by atoms with Gasteiger partial charge in [-0.3, -0.25) is 9.69 Å². The monoisotopic (exact) mass is 333 g/mol. The van der Waals surface area contributed by atoms with Gasteiger partial charge in [-0.05, 0) is 44.5 Å². The normalized spacial score (nSPS) is 23.1. The second-order valence-electron chi connectivity index (χ2n) is 5.09. The van der Waals surface area contributed by atoms with Crippen LogP contribution in [0.5, 0.6) is 0 Å². The van der Waals surface area contributed by atoms with Gasteiger partial charge in [0, 0.05) is 22.2 Å². The third-order valence-electron chi connectivity index (χ3n) is 3.76. The molecule has 2 rings (SSSR count). The molecule has 1 aromatic rings. The van der Waals surface area contributed by atoms with Crippen LogP contribution in [0.2, 0.25) is 10.0 Å². The summed E-state index contributed by atoms with van der Waals surface area (Å²) in [6.07, 6.45) is 1.65. The van der Waals surface area contributed by atoms with Crippen molar-refractivity contribution in [2.75, 3.05) is 18.8 Å². The van der Waals surface area contributed by atoms with Crippen molar-refractivity contribution in [3.05, 3.63) is 28.2 Å². The molecule has 0 aliphatic carbocycles. The van der Waals surface area contributed by atoms with E-state index in [9.17, 15) is 9.90 Å². The Kier molecular flexibility index (Phi) is 5.24. The SMILES string of the molecule is CC1(C(=O)O)CCCN1CCSc1cc(Cl)ccc1Cl.